The smallest absolute Gasteiger partial charge is 0.230 e. The second-order valence-corrected chi connectivity index (χ2v) is 7.91. The molecule has 2 unspecified atom stereocenters. The summed E-state index contributed by atoms with van der Waals surface area (Å²) in [5, 5.41) is 19.1. The minimum absolute atomic E-state index is 0.272. The van der Waals surface area contributed by atoms with Crippen molar-refractivity contribution in [3.8, 4) is 0 Å². The lowest BCUT2D eigenvalue weighted by molar-refractivity contribution is 0.229. The molecule has 8 heteroatoms. The van der Waals surface area contributed by atoms with Crippen molar-refractivity contribution in [2.75, 3.05) is 17.2 Å². The maximum Gasteiger partial charge on any atom is 0.230 e. The van der Waals surface area contributed by atoms with Gasteiger partial charge in [0.05, 0.1) is 15.9 Å². The van der Waals surface area contributed by atoms with Crippen LogP contribution in [0.5, 0.6) is 0 Å². The summed E-state index contributed by atoms with van der Waals surface area (Å²) in [5.74, 6) is 1.87. The van der Waals surface area contributed by atoms with Gasteiger partial charge in [-0.05, 0) is 61.1 Å². The van der Waals surface area contributed by atoms with Crippen LogP contribution in [0.25, 0.3) is 10.2 Å². The molecule has 24 heavy (non-hydrogen) atoms. The third-order valence-corrected chi connectivity index (χ3v) is 6.01. The molecule has 0 amide bonds. The minimum atomic E-state index is 0.272. The van der Waals surface area contributed by atoms with E-state index in [0.717, 1.165) is 46.0 Å². The Morgan fingerprint density at radius 1 is 1.33 bits per heavy atom. The molecule has 2 atom stereocenters. The van der Waals surface area contributed by atoms with Crippen LogP contribution in [0.15, 0.2) is 17.5 Å². The highest BCUT2D eigenvalue weighted by Gasteiger charge is 2.25. The van der Waals surface area contributed by atoms with Crippen LogP contribution in [0.2, 0.25) is 0 Å². The van der Waals surface area contributed by atoms with Crippen molar-refractivity contribution in [2.24, 2.45) is 5.92 Å². The van der Waals surface area contributed by atoms with E-state index < -0.39 is 0 Å². The quantitative estimate of drug-likeness (QED) is 0.642. The van der Waals surface area contributed by atoms with E-state index in [2.05, 4.69) is 25.0 Å². The van der Waals surface area contributed by atoms with Gasteiger partial charge < -0.3 is 15.7 Å². The molecular weight excluding hydrogens is 342 g/mol. The van der Waals surface area contributed by atoms with Crippen LogP contribution in [0, 0.1) is 12.8 Å². The second-order valence-electron chi connectivity index (χ2n) is 6.19. The summed E-state index contributed by atoms with van der Waals surface area (Å²) in [6.07, 6.45) is 3.13. The van der Waals surface area contributed by atoms with Gasteiger partial charge in [0.2, 0.25) is 5.95 Å². The molecule has 0 bridgehead atoms. The SMILES string of the molecule is Cc1cc(Nc2nc(NC3CCC(CO)C3)c3sccc3n2)sn1. The second kappa shape index (κ2) is 6.62. The molecule has 1 aliphatic carbocycles. The average Bonchev–Trinajstić information content (AvgIpc) is 3.28. The normalized spacial score (nSPS) is 20.6. The van der Waals surface area contributed by atoms with Crippen LogP contribution in [-0.4, -0.2) is 32.1 Å². The summed E-state index contributed by atoms with van der Waals surface area (Å²) in [6.45, 7) is 2.24. The Kier molecular flexibility index (Phi) is 4.34. The van der Waals surface area contributed by atoms with E-state index in [1.807, 2.05) is 24.4 Å². The number of nitrogens with one attached hydrogen (secondary N) is 2. The van der Waals surface area contributed by atoms with E-state index >= 15 is 0 Å². The van der Waals surface area contributed by atoms with E-state index in [-0.39, 0.29) is 6.61 Å². The molecule has 1 saturated carbocycles. The zero-order chi connectivity index (χ0) is 16.5. The van der Waals surface area contributed by atoms with Gasteiger partial charge in [-0.1, -0.05) is 0 Å². The van der Waals surface area contributed by atoms with Gasteiger partial charge in [-0.3, -0.25) is 0 Å². The zero-order valence-electron chi connectivity index (χ0n) is 13.3. The highest BCUT2D eigenvalue weighted by molar-refractivity contribution is 7.17. The maximum atomic E-state index is 9.33. The number of aryl methyl sites for hydroxylation is 1. The molecule has 6 nitrogen and oxygen atoms in total. The number of aliphatic hydroxyl groups is 1. The first-order valence-corrected chi connectivity index (χ1v) is 9.69. The number of aromatic nitrogens is 3. The lowest BCUT2D eigenvalue weighted by Crippen LogP contribution is -2.17. The number of aliphatic hydroxyl groups excluding tert-OH is 1. The number of rotatable bonds is 5. The first kappa shape index (κ1) is 15.7. The Hall–Kier alpha value is -1.77. The van der Waals surface area contributed by atoms with Crippen molar-refractivity contribution < 1.29 is 5.11 Å². The molecule has 126 valence electrons. The molecule has 1 aliphatic rings. The van der Waals surface area contributed by atoms with E-state index in [1.165, 1.54) is 11.5 Å². The molecule has 0 spiro atoms. The maximum absolute atomic E-state index is 9.33. The summed E-state index contributed by atoms with van der Waals surface area (Å²) in [4.78, 5) is 9.28. The Balaban J connectivity index is 1.60. The van der Waals surface area contributed by atoms with Crippen LogP contribution in [0.1, 0.15) is 25.0 Å². The molecule has 0 radical (unpaired) electrons. The highest BCUT2D eigenvalue weighted by Crippen LogP contribution is 2.33. The molecule has 3 aromatic heterocycles. The number of thiophene rings is 1. The van der Waals surface area contributed by atoms with Crippen molar-refractivity contribution in [3.63, 3.8) is 0 Å². The van der Waals surface area contributed by atoms with Crippen molar-refractivity contribution in [1.29, 1.82) is 0 Å². The van der Waals surface area contributed by atoms with Crippen LogP contribution in [0.4, 0.5) is 16.8 Å². The Morgan fingerprint density at radius 3 is 3.00 bits per heavy atom. The Bertz CT molecular complexity index is 846. The fourth-order valence-electron chi connectivity index (χ4n) is 3.12. The van der Waals surface area contributed by atoms with Gasteiger partial charge in [0.1, 0.15) is 10.8 Å². The van der Waals surface area contributed by atoms with Crippen molar-refractivity contribution >= 4 is 49.9 Å². The monoisotopic (exact) mass is 361 g/mol. The van der Waals surface area contributed by atoms with Crippen molar-refractivity contribution in [2.45, 2.75) is 32.2 Å². The third kappa shape index (κ3) is 3.22. The third-order valence-electron chi connectivity index (χ3n) is 4.31. The minimum Gasteiger partial charge on any atom is -0.396 e. The summed E-state index contributed by atoms with van der Waals surface area (Å²) < 4.78 is 5.35. The van der Waals surface area contributed by atoms with Crippen molar-refractivity contribution in [3.05, 3.63) is 23.2 Å². The fraction of sp³-hybridized carbons (Fsp3) is 0.438. The molecule has 3 heterocycles. The van der Waals surface area contributed by atoms with E-state index in [0.29, 0.717) is 17.9 Å². The predicted molar refractivity (Wildman–Crippen MR) is 99.4 cm³/mol. The first-order chi connectivity index (χ1) is 11.7. The Morgan fingerprint density at radius 2 is 2.25 bits per heavy atom. The van der Waals surface area contributed by atoms with Gasteiger partial charge in [-0.15, -0.1) is 11.3 Å². The molecule has 4 rings (SSSR count). The van der Waals surface area contributed by atoms with E-state index in [4.69, 9.17) is 0 Å². The van der Waals surface area contributed by atoms with Gasteiger partial charge in [0, 0.05) is 12.6 Å². The fourth-order valence-corrected chi connectivity index (χ4v) is 4.55. The highest BCUT2D eigenvalue weighted by atomic mass is 32.1. The predicted octanol–water partition coefficient (Wildman–Crippen LogP) is 3.77. The molecule has 0 aliphatic heterocycles. The topological polar surface area (TPSA) is 83.0 Å². The first-order valence-electron chi connectivity index (χ1n) is 8.04. The van der Waals surface area contributed by atoms with Gasteiger partial charge in [0.25, 0.3) is 0 Å². The number of hydrogen-bond donors (Lipinski definition) is 3. The summed E-state index contributed by atoms with van der Waals surface area (Å²) in [5.41, 5.74) is 1.93. The van der Waals surface area contributed by atoms with Gasteiger partial charge in [0.15, 0.2) is 0 Å². The molecule has 0 saturated heterocycles. The van der Waals surface area contributed by atoms with E-state index in [9.17, 15) is 5.11 Å². The van der Waals surface area contributed by atoms with Crippen molar-refractivity contribution in [1.82, 2.24) is 14.3 Å². The lowest BCUT2D eigenvalue weighted by Gasteiger charge is -2.15. The molecule has 3 aromatic rings. The molecule has 3 N–H and O–H groups in total. The standard InChI is InChI=1S/C16H19N5OS2/c1-9-6-13(24-21-9)19-16-18-12-4-5-23-14(12)15(20-16)17-11-3-2-10(7-11)8-22/h4-6,10-11,22H,2-3,7-8H2,1H3,(H2,17,18,19,20). The molecule has 0 aromatic carbocycles. The number of nitrogens with zero attached hydrogens (tertiary/aromatic N) is 3. The number of hydrogen-bond acceptors (Lipinski definition) is 8. The van der Waals surface area contributed by atoms with Crippen LogP contribution in [-0.2, 0) is 0 Å². The largest absolute Gasteiger partial charge is 0.396 e. The summed E-state index contributed by atoms with van der Waals surface area (Å²) in [6, 6.07) is 4.36. The van der Waals surface area contributed by atoms with Gasteiger partial charge in [-0.25, -0.2) is 4.98 Å². The molecular formula is C16H19N5OS2. The lowest BCUT2D eigenvalue weighted by atomic mass is 10.1. The van der Waals surface area contributed by atoms with Crippen LogP contribution in [0.3, 0.4) is 0 Å². The zero-order valence-corrected chi connectivity index (χ0v) is 15.0. The van der Waals surface area contributed by atoms with E-state index in [1.54, 1.807) is 11.3 Å². The molecule has 1 fully saturated rings. The summed E-state index contributed by atoms with van der Waals surface area (Å²) in [7, 11) is 0. The van der Waals surface area contributed by atoms with Gasteiger partial charge >= 0.3 is 0 Å². The van der Waals surface area contributed by atoms with Crippen LogP contribution < -0.4 is 10.6 Å². The average molecular weight is 361 g/mol. The number of fused-ring (bicyclic) bond motifs is 1. The van der Waals surface area contributed by atoms with Gasteiger partial charge in [-0.2, -0.15) is 9.36 Å². The number of anilines is 3. The van der Waals surface area contributed by atoms with Crippen LogP contribution >= 0.6 is 22.9 Å². The Labute approximate surface area is 148 Å². The summed E-state index contributed by atoms with van der Waals surface area (Å²) >= 11 is 3.06.